The number of fused-ring (bicyclic) bond motifs is 1. The number of hydrogen-bond donors (Lipinski definition) is 1. The van der Waals surface area contributed by atoms with Crippen molar-refractivity contribution in [3.8, 4) is 5.69 Å². The van der Waals surface area contributed by atoms with E-state index in [0.717, 1.165) is 40.1 Å². The molecule has 4 heteroatoms. The van der Waals surface area contributed by atoms with Crippen LogP contribution in [0.5, 0.6) is 0 Å². The van der Waals surface area contributed by atoms with Crippen LogP contribution >= 0.6 is 0 Å². The summed E-state index contributed by atoms with van der Waals surface area (Å²) in [5.74, 6) is 1.04. The molecular weight excluding hydrogens is 236 g/mol. The molecule has 2 heterocycles. The molecule has 3 rings (SSSR count). The highest BCUT2D eigenvalue weighted by Crippen LogP contribution is 2.28. The van der Waals surface area contributed by atoms with E-state index in [2.05, 4.69) is 27.5 Å². The van der Waals surface area contributed by atoms with Crippen molar-refractivity contribution in [1.82, 2.24) is 14.5 Å². The minimum absolute atomic E-state index is 0.754. The van der Waals surface area contributed by atoms with E-state index in [4.69, 9.17) is 5.73 Å². The van der Waals surface area contributed by atoms with Crippen LogP contribution in [0.2, 0.25) is 0 Å². The molecule has 0 bridgehead atoms. The zero-order valence-electron chi connectivity index (χ0n) is 11.1. The van der Waals surface area contributed by atoms with E-state index in [0.29, 0.717) is 0 Å². The lowest BCUT2D eigenvalue weighted by Crippen LogP contribution is -2.01. The Hall–Kier alpha value is -2.36. The number of anilines is 1. The van der Waals surface area contributed by atoms with Crippen LogP contribution in [0.15, 0.2) is 36.8 Å². The molecule has 0 saturated carbocycles. The average molecular weight is 252 g/mol. The second kappa shape index (κ2) is 4.39. The number of nitrogens with two attached hydrogens (primary N) is 1. The summed E-state index contributed by atoms with van der Waals surface area (Å²) in [5, 5.41) is 2.10. The minimum Gasteiger partial charge on any atom is -0.398 e. The van der Waals surface area contributed by atoms with Crippen molar-refractivity contribution in [1.29, 1.82) is 0 Å². The number of nitrogens with zero attached hydrogens (tertiary/aromatic N) is 3. The Morgan fingerprint density at radius 3 is 2.84 bits per heavy atom. The second-order valence-electron chi connectivity index (χ2n) is 4.61. The molecule has 0 saturated heterocycles. The third-order valence-electron chi connectivity index (χ3n) is 3.34. The van der Waals surface area contributed by atoms with Crippen LogP contribution in [0.3, 0.4) is 0 Å². The molecule has 0 atom stereocenters. The van der Waals surface area contributed by atoms with E-state index in [1.54, 1.807) is 0 Å². The van der Waals surface area contributed by atoms with Gasteiger partial charge in [-0.2, -0.15) is 0 Å². The molecule has 0 fully saturated rings. The Labute approximate surface area is 111 Å². The van der Waals surface area contributed by atoms with Crippen LogP contribution < -0.4 is 5.73 Å². The van der Waals surface area contributed by atoms with Crippen molar-refractivity contribution in [2.45, 2.75) is 20.3 Å². The molecule has 2 N–H and O–H groups in total. The molecule has 1 aromatic carbocycles. The van der Waals surface area contributed by atoms with Gasteiger partial charge in [0.1, 0.15) is 5.82 Å². The maximum Gasteiger partial charge on any atom is 0.112 e. The number of aryl methyl sites for hydroxylation is 2. The van der Waals surface area contributed by atoms with Crippen molar-refractivity contribution < 1.29 is 0 Å². The third-order valence-corrected chi connectivity index (χ3v) is 3.34. The highest BCUT2D eigenvalue weighted by Gasteiger charge is 2.09. The molecule has 96 valence electrons. The van der Waals surface area contributed by atoms with Gasteiger partial charge in [0.05, 0.1) is 5.69 Å². The molecule has 0 amide bonds. The molecule has 0 aliphatic heterocycles. The first-order valence-corrected chi connectivity index (χ1v) is 6.38. The molecule has 0 radical (unpaired) electrons. The van der Waals surface area contributed by atoms with Gasteiger partial charge in [-0.25, -0.2) is 4.98 Å². The van der Waals surface area contributed by atoms with E-state index in [1.807, 2.05) is 37.6 Å². The maximum atomic E-state index is 6.03. The van der Waals surface area contributed by atoms with Gasteiger partial charge in [-0.3, -0.25) is 4.98 Å². The first-order chi connectivity index (χ1) is 9.20. The molecule has 0 spiro atoms. The van der Waals surface area contributed by atoms with Gasteiger partial charge in [-0.1, -0.05) is 6.92 Å². The lowest BCUT2D eigenvalue weighted by atomic mass is 10.1. The molecule has 0 unspecified atom stereocenters. The van der Waals surface area contributed by atoms with Gasteiger partial charge >= 0.3 is 0 Å². The minimum atomic E-state index is 0.754. The second-order valence-corrected chi connectivity index (χ2v) is 4.61. The fourth-order valence-electron chi connectivity index (χ4n) is 2.38. The largest absolute Gasteiger partial charge is 0.398 e. The fraction of sp³-hybridized carbons (Fsp3) is 0.200. The van der Waals surface area contributed by atoms with Crippen LogP contribution in [0.1, 0.15) is 18.4 Å². The van der Waals surface area contributed by atoms with Crippen molar-refractivity contribution >= 4 is 16.5 Å². The quantitative estimate of drug-likeness (QED) is 0.713. The maximum absolute atomic E-state index is 6.03. The number of aromatic nitrogens is 3. The Morgan fingerprint density at radius 1 is 1.21 bits per heavy atom. The summed E-state index contributed by atoms with van der Waals surface area (Å²) in [6, 6.07) is 6.03. The average Bonchev–Trinajstić information content (AvgIpc) is 2.87. The predicted molar refractivity (Wildman–Crippen MR) is 77.4 cm³/mol. The van der Waals surface area contributed by atoms with E-state index >= 15 is 0 Å². The van der Waals surface area contributed by atoms with Gasteiger partial charge in [0.25, 0.3) is 0 Å². The van der Waals surface area contributed by atoms with Gasteiger partial charge in [0, 0.05) is 47.2 Å². The van der Waals surface area contributed by atoms with E-state index < -0.39 is 0 Å². The van der Waals surface area contributed by atoms with E-state index in [9.17, 15) is 0 Å². The van der Waals surface area contributed by atoms with Crippen LogP contribution in [0, 0.1) is 6.92 Å². The molecule has 3 aromatic rings. The van der Waals surface area contributed by atoms with Crippen molar-refractivity contribution in [2.75, 3.05) is 5.73 Å². The standard InChI is InChI=1S/C15H16N4/c1-3-15-17-6-7-19(15)14-5-4-13(16)12-9-18-10(2)8-11(12)14/h4-9H,3,16H2,1-2H3. The van der Waals surface area contributed by atoms with Gasteiger partial charge in [0.2, 0.25) is 0 Å². The molecule has 0 aliphatic rings. The Bertz CT molecular complexity index is 743. The van der Waals surface area contributed by atoms with Crippen LogP contribution in [-0.2, 0) is 6.42 Å². The van der Waals surface area contributed by atoms with Crippen LogP contribution in [0.4, 0.5) is 5.69 Å². The summed E-state index contributed by atoms with van der Waals surface area (Å²) in [6.07, 6.45) is 6.55. The molecular formula is C15H16N4. The first-order valence-electron chi connectivity index (χ1n) is 6.38. The smallest absolute Gasteiger partial charge is 0.112 e. The van der Waals surface area contributed by atoms with Crippen molar-refractivity contribution in [3.05, 3.63) is 48.3 Å². The zero-order valence-corrected chi connectivity index (χ0v) is 11.1. The normalized spacial score (nSPS) is 11.1. The fourth-order valence-corrected chi connectivity index (χ4v) is 2.38. The Morgan fingerprint density at radius 2 is 2.05 bits per heavy atom. The SMILES string of the molecule is CCc1nccn1-c1ccc(N)c2cnc(C)cc12. The highest BCUT2D eigenvalue weighted by atomic mass is 15.1. The number of rotatable bonds is 2. The topological polar surface area (TPSA) is 56.7 Å². The molecule has 19 heavy (non-hydrogen) atoms. The van der Waals surface area contributed by atoms with Gasteiger partial charge in [0.15, 0.2) is 0 Å². The highest BCUT2D eigenvalue weighted by molar-refractivity contribution is 5.98. The molecule has 2 aromatic heterocycles. The zero-order chi connectivity index (χ0) is 13.4. The summed E-state index contributed by atoms with van der Waals surface area (Å²) >= 11 is 0. The van der Waals surface area contributed by atoms with Gasteiger partial charge < -0.3 is 10.3 Å². The summed E-state index contributed by atoms with van der Waals surface area (Å²) in [5.41, 5.74) is 8.87. The Kier molecular flexibility index (Phi) is 2.71. The summed E-state index contributed by atoms with van der Waals surface area (Å²) in [6.45, 7) is 4.09. The summed E-state index contributed by atoms with van der Waals surface area (Å²) in [7, 11) is 0. The Balaban J connectivity index is 2.36. The lowest BCUT2D eigenvalue weighted by molar-refractivity contribution is 0.896. The van der Waals surface area contributed by atoms with Crippen LogP contribution in [0.25, 0.3) is 16.5 Å². The first kappa shape index (κ1) is 11.7. The van der Waals surface area contributed by atoms with E-state index in [1.165, 1.54) is 0 Å². The lowest BCUT2D eigenvalue weighted by Gasteiger charge is -2.12. The summed E-state index contributed by atoms with van der Waals surface area (Å²) < 4.78 is 2.11. The number of nitrogen functional groups attached to an aromatic ring is 1. The summed E-state index contributed by atoms with van der Waals surface area (Å²) in [4.78, 5) is 8.71. The molecule has 0 aliphatic carbocycles. The van der Waals surface area contributed by atoms with Crippen LogP contribution in [-0.4, -0.2) is 14.5 Å². The molecule has 4 nitrogen and oxygen atoms in total. The monoisotopic (exact) mass is 252 g/mol. The number of hydrogen-bond acceptors (Lipinski definition) is 3. The van der Waals surface area contributed by atoms with Gasteiger partial charge in [-0.05, 0) is 25.1 Å². The number of pyridine rings is 1. The van der Waals surface area contributed by atoms with E-state index in [-0.39, 0.29) is 0 Å². The van der Waals surface area contributed by atoms with Crippen molar-refractivity contribution in [3.63, 3.8) is 0 Å². The predicted octanol–water partition coefficient (Wildman–Crippen LogP) is 2.87. The van der Waals surface area contributed by atoms with Crippen molar-refractivity contribution in [2.24, 2.45) is 0 Å². The number of benzene rings is 1. The number of imidazole rings is 1. The van der Waals surface area contributed by atoms with Gasteiger partial charge in [-0.15, -0.1) is 0 Å². The third kappa shape index (κ3) is 1.85.